The molecular formula is C16H19BrF3N5. The quantitative estimate of drug-likeness (QED) is 0.716. The summed E-state index contributed by atoms with van der Waals surface area (Å²) in [7, 11) is 3.75. The average Bonchev–Trinajstić information content (AvgIpc) is 2.53. The van der Waals surface area contributed by atoms with Crippen molar-refractivity contribution >= 4 is 27.7 Å². The molecule has 9 heteroatoms. The fourth-order valence-corrected chi connectivity index (χ4v) is 2.21. The molecule has 25 heavy (non-hydrogen) atoms. The fraction of sp³-hybridized carbons (Fsp3) is 0.375. The van der Waals surface area contributed by atoms with Crippen molar-refractivity contribution in [3.63, 3.8) is 0 Å². The van der Waals surface area contributed by atoms with Gasteiger partial charge in [-0.1, -0.05) is 28.1 Å². The van der Waals surface area contributed by atoms with Gasteiger partial charge >= 0.3 is 6.18 Å². The van der Waals surface area contributed by atoms with Crippen molar-refractivity contribution < 1.29 is 13.2 Å². The molecule has 1 heterocycles. The van der Waals surface area contributed by atoms with Gasteiger partial charge in [0.2, 0.25) is 5.95 Å². The Labute approximate surface area is 152 Å². The second-order valence-electron chi connectivity index (χ2n) is 5.67. The van der Waals surface area contributed by atoms with Crippen LogP contribution < -0.4 is 10.6 Å². The smallest absolute Gasteiger partial charge is 0.366 e. The minimum Gasteiger partial charge on any atom is -0.366 e. The summed E-state index contributed by atoms with van der Waals surface area (Å²) in [5.41, 5.74) is -0.0503. The van der Waals surface area contributed by atoms with Crippen molar-refractivity contribution in [2.24, 2.45) is 0 Å². The third kappa shape index (κ3) is 6.50. The van der Waals surface area contributed by atoms with Crippen molar-refractivity contribution in [3.8, 4) is 0 Å². The van der Waals surface area contributed by atoms with E-state index in [4.69, 9.17) is 0 Å². The molecule has 1 aromatic heterocycles. The van der Waals surface area contributed by atoms with Crippen LogP contribution in [0.5, 0.6) is 0 Å². The highest BCUT2D eigenvalue weighted by Gasteiger charge is 2.33. The number of nitrogens with zero attached hydrogens (tertiary/aromatic N) is 3. The van der Waals surface area contributed by atoms with E-state index in [0.717, 1.165) is 16.1 Å². The van der Waals surface area contributed by atoms with Gasteiger partial charge in [-0.3, -0.25) is 0 Å². The SMILES string of the molecule is CN(C)CCNc1nc(NCc2ccc(Br)cc2)cc(C(F)(F)F)n1. The molecule has 0 fully saturated rings. The van der Waals surface area contributed by atoms with Gasteiger partial charge in [0.15, 0.2) is 5.69 Å². The van der Waals surface area contributed by atoms with E-state index in [9.17, 15) is 13.2 Å². The first kappa shape index (κ1) is 19.5. The first-order valence-electron chi connectivity index (χ1n) is 7.57. The van der Waals surface area contributed by atoms with Gasteiger partial charge in [0, 0.05) is 30.2 Å². The molecule has 0 bridgehead atoms. The van der Waals surface area contributed by atoms with Gasteiger partial charge in [-0.05, 0) is 31.8 Å². The van der Waals surface area contributed by atoms with E-state index < -0.39 is 11.9 Å². The van der Waals surface area contributed by atoms with E-state index in [1.54, 1.807) is 0 Å². The number of aromatic nitrogens is 2. The summed E-state index contributed by atoms with van der Waals surface area (Å²) in [6.45, 7) is 1.46. The first-order chi connectivity index (χ1) is 11.7. The van der Waals surface area contributed by atoms with Gasteiger partial charge in [0.1, 0.15) is 5.82 Å². The van der Waals surface area contributed by atoms with E-state index in [1.165, 1.54) is 0 Å². The van der Waals surface area contributed by atoms with Gasteiger partial charge in [-0.15, -0.1) is 0 Å². The highest BCUT2D eigenvalue weighted by atomic mass is 79.9. The molecule has 2 N–H and O–H groups in total. The lowest BCUT2D eigenvalue weighted by molar-refractivity contribution is -0.141. The van der Waals surface area contributed by atoms with Crippen LogP contribution in [0.4, 0.5) is 24.9 Å². The maximum Gasteiger partial charge on any atom is 0.433 e. The Balaban J connectivity index is 2.13. The average molecular weight is 418 g/mol. The highest BCUT2D eigenvalue weighted by molar-refractivity contribution is 9.10. The van der Waals surface area contributed by atoms with Crippen LogP contribution >= 0.6 is 15.9 Å². The summed E-state index contributed by atoms with van der Waals surface area (Å²) in [4.78, 5) is 9.58. The van der Waals surface area contributed by atoms with Gasteiger partial charge < -0.3 is 15.5 Å². The Hall–Kier alpha value is -1.87. The predicted molar refractivity (Wildman–Crippen MR) is 95.5 cm³/mol. The van der Waals surface area contributed by atoms with Crippen LogP contribution in [0.3, 0.4) is 0 Å². The fourth-order valence-electron chi connectivity index (χ4n) is 1.95. The zero-order valence-electron chi connectivity index (χ0n) is 13.9. The van der Waals surface area contributed by atoms with E-state index in [2.05, 4.69) is 36.5 Å². The lowest BCUT2D eigenvalue weighted by atomic mass is 10.2. The molecule has 136 valence electrons. The van der Waals surface area contributed by atoms with Crippen LogP contribution in [0.15, 0.2) is 34.8 Å². The van der Waals surface area contributed by atoms with Crippen molar-refractivity contribution in [1.82, 2.24) is 14.9 Å². The van der Waals surface area contributed by atoms with Gasteiger partial charge in [-0.25, -0.2) is 4.98 Å². The molecule has 0 aliphatic heterocycles. The number of anilines is 2. The number of alkyl halides is 3. The van der Waals surface area contributed by atoms with Crippen molar-refractivity contribution in [1.29, 1.82) is 0 Å². The number of likely N-dealkylation sites (N-methyl/N-ethyl adjacent to an activating group) is 1. The van der Waals surface area contributed by atoms with Crippen LogP contribution in [-0.2, 0) is 12.7 Å². The summed E-state index contributed by atoms with van der Waals surface area (Å²) in [6.07, 6.45) is -4.53. The highest BCUT2D eigenvalue weighted by Crippen LogP contribution is 2.29. The molecule has 0 spiro atoms. The normalized spacial score (nSPS) is 11.6. The maximum absolute atomic E-state index is 13.0. The third-order valence-electron chi connectivity index (χ3n) is 3.25. The molecule has 0 saturated carbocycles. The Morgan fingerprint density at radius 3 is 2.36 bits per heavy atom. The summed E-state index contributed by atoms with van der Waals surface area (Å²) in [6, 6.07) is 8.40. The van der Waals surface area contributed by atoms with Crippen molar-refractivity contribution in [3.05, 3.63) is 46.1 Å². The number of hydrogen-bond acceptors (Lipinski definition) is 5. The van der Waals surface area contributed by atoms with Crippen LogP contribution in [-0.4, -0.2) is 42.1 Å². The molecule has 0 aliphatic carbocycles. The lowest BCUT2D eigenvalue weighted by Gasteiger charge is -2.14. The van der Waals surface area contributed by atoms with E-state index in [-0.39, 0.29) is 11.8 Å². The minimum atomic E-state index is -4.53. The first-order valence-corrected chi connectivity index (χ1v) is 8.36. The molecule has 0 aliphatic rings. The van der Waals surface area contributed by atoms with Crippen LogP contribution in [0, 0.1) is 0 Å². The van der Waals surface area contributed by atoms with Crippen molar-refractivity contribution in [2.45, 2.75) is 12.7 Å². The van der Waals surface area contributed by atoms with Crippen LogP contribution in [0.2, 0.25) is 0 Å². The summed E-state index contributed by atoms with van der Waals surface area (Å²) in [5.74, 6) is 0.0765. The monoisotopic (exact) mass is 417 g/mol. The topological polar surface area (TPSA) is 53.1 Å². The lowest BCUT2D eigenvalue weighted by Crippen LogP contribution is -2.22. The Bertz CT molecular complexity index is 689. The van der Waals surface area contributed by atoms with Crippen LogP contribution in [0.25, 0.3) is 0 Å². The second-order valence-corrected chi connectivity index (χ2v) is 6.59. The Morgan fingerprint density at radius 2 is 1.76 bits per heavy atom. The minimum absolute atomic E-state index is 0.0463. The molecular weight excluding hydrogens is 399 g/mol. The molecule has 0 unspecified atom stereocenters. The van der Waals surface area contributed by atoms with Gasteiger partial charge in [0.05, 0.1) is 0 Å². The Morgan fingerprint density at radius 1 is 1.08 bits per heavy atom. The standard InChI is InChI=1S/C16H19BrF3N5/c1-25(2)8-7-21-15-23-13(16(18,19)20)9-14(24-15)22-10-11-3-5-12(17)6-4-11/h3-6,9H,7-8,10H2,1-2H3,(H2,21,22,23,24). The Kier molecular flexibility index (Phi) is 6.60. The van der Waals surface area contributed by atoms with E-state index in [0.29, 0.717) is 19.6 Å². The molecule has 0 amide bonds. The van der Waals surface area contributed by atoms with Crippen molar-refractivity contribution in [2.75, 3.05) is 37.8 Å². The zero-order chi connectivity index (χ0) is 18.4. The molecule has 0 atom stereocenters. The molecule has 5 nitrogen and oxygen atoms in total. The van der Waals surface area contributed by atoms with Gasteiger partial charge in [-0.2, -0.15) is 18.2 Å². The van der Waals surface area contributed by atoms with E-state index >= 15 is 0 Å². The van der Waals surface area contributed by atoms with Gasteiger partial charge in [0.25, 0.3) is 0 Å². The summed E-state index contributed by atoms with van der Waals surface area (Å²) < 4.78 is 40.1. The van der Waals surface area contributed by atoms with E-state index in [1.807, 2.05) is 43.3 Å². The number of halogens is 4. The number of benzene rings is 1. The molecule has 0 saturated heterocycles. The summed E-state index contributed by atoms with van der Waals surface area (Å²) >= 11 is 3.34. The molecule has 1 aromatic carbocycles. The summed E-state index contributed by atoms with van der Waals surface area (Å²) in [5, 5.41) is 5.74. The predicted octanol–water partition coefficient (Wildman–Crippen LogP) is 3.84. The third-order valence-corrected chi connectivity index (χ3v) is 3.77. The largest absolute Gasteiger partial charge is 0.433 e. The zero-order valence-corrected chi connectivity index (χ0v) is 15.4. The number of hydrogen-bond donors (Lipinski definition) is 2. The number of nitrogens with one attached hydrogen (secondary N) is 2. The molecule has 2 aromatic rings. The second kappa shape index (κ2) is 8.48. The maximum atomic E-state index is 13.0. The van der Waals surface area contributed by atoms with Crippen LogP contribution in [0.1, 0.15) is 11.3 Å². The molecule has 0 radical (unpaired) electrons. The number of rotatable bonds is 7. The molecule has 2 rings (SSSR count).